The van der Waals surface area contributed by atoms with Crippen LogP contribution in [0.2, 0.25) is 5.02 Å². The Bertz CT molecular complexity index is 440. The first-order valence-electron chi connectivity index (χ1n) is 4.32. The van der Waals surface area contributed by atoms with Crippen LogP contribution in [0, 0.1) is 6.92 Å². The first-order chi connectivity index (χ1) is 6.77. The van der Waals surface area contributed by atoms with E-state index in [4.69, 9.17) is 11.6 Å². The second-order valence-electron chi connectivity index (χ2n) is 3.00. The lowest BCUT2D eigenvalue weighted by atomic mass is 10.2. The van der Waals surface area contributed by atoms with Crippen LogP contribution >= 0.6 is 11.6 Å². The van der Waals surface area contributed by atoms with Gasteiger partial charge in [0.2, 0.25) is 0 Å². The minimum atomic E-state index is 0.634. The summed E-state index contributed by atoms with van der Waals surface area (Å²) in [4.78, 5) is 8.55. The summed E-state index contributed by atoms with van der Waals surface area (Å²) in [5.74, 6) is 0. The zero-order valence-electron chi connectivity index (χ0n) is 7.74. The van der Waals surface area contributed by atoms with Gasteiger partial charge in [-0.25, -0.2) is 4.98 Å². The highest BCUT2D eigenvalue weighted by molar-refractivity contribution is 6.32. The van der Waals surface area contributed by atoms with Crippen LogP contribution < -0.4 is 0 Å². The van der Waals surface area contributed by atoms with E-state index < -0.39 is 0 Å². The maximum atomic E-state index is 6.03. The first kappa shape index (κ1) is 9.16. The molecule has 2 nitrogen and oxygen atoms in total. The highest BCUT2D eigenvalue weighted by Crippen LogP contribution is 2.23. The van der Waals surface area contributed by atoms with E-state index in [2.05, 4.69) is 9.97 Å². The van der Waals surface area contributed by atoms with Crippen LogP contribution in [-0.2, 0) is 0 Å². The predicted octanol–water partition coefficient (Wildman–Crippen LogP) is 3.11. The van der Waals surface area contributed by atoms with Gasteiger partial charge in [0.15, 0.2) is 0 Å². The quantitative estimate of drug-likeness (QED) is 0.714. The van der Waals surface area contributed by atoms with Gasteiger partial charge < -0.3 is 0 Å². The normalized spacial score (nSPS) is 10.1. The number of rotatable bonds is 1. The first-order valence-corrected chi connectivity index (χ1v) is 4.70. The summed E-state index contributed by atoms with van der Waals surface area (Å²) >= 11 is 6.03. The highest BCUT2D eigenvalue weighted by Gasteiger charge is 2.05. The standard InChI is InChI=1S/C11H9ClN2/c1-8-5-6-9(12)11(14-8)10-4-2-3-7-13-10/h2-7H,1H3. The lowest BCUT2D eigenvalue weighted by Gasteiger charge is -2.02. The Hall–Kier alpha value is -1.41. The van der Waals surface area contributed by atoms with E-state index in [0.717, 1.165) is 17.1 Å². The minimum Gasteiger partial charge on any atom is -0.255 e. The van der Waals surface area contributed by atoms with Crippen molar-refractivity contribution < 1.29 is 0 Å². The smallest absolute Gasteiger partial charge is 0.107 e. The summed E-state index contributed by atoms with van der Waals surface area (Å²) in [5, 5.41) is 0.634. The molecule has 0 N–H and O–H groups in total. The molecule has 0 saturated carbocycles. The van der Waals surface area contributed by atoms with Crippen LogP contribution in [0.15, 0.2) is 36.5 Å². The van der Waals surface area contributed by atoms with Crippen LogP contribution in [0.1, 0.15) is 5.69 Å². The molecule has 0 atom stereocenters. The van der Waals surface area contributed by atoms with Crippen molar-refractivity contribution in [2.45, 2.75) is 6.92 Å². The lowest BCUT2D eigenvalue weighted by Crippen LogP contribution is -1.89. The maximum absolute atomic E-state index is 6.03. The van der Waals surface area contributed by atoms with E-state index in [1.54, 1.807) is 6.20 Å². The van der Waals surface area contributed by atoms with Gasteiger partial charge in [-0.3, -0.25) is 4.98 Å². The molecule has 0 saturated heterocycles. The molecule has 2 heterocycles. The van der Waals surface area contributed by atoms with Crippen molar-refractivity contribution in [3.05, 3.63) is 47.2 Å². The van der Waals surface area contributed by atoms with Crippen LogP contribution in [-0.4, -0.2) is 9.97 Å². The van der Waals surface area contributed by atoms with Crippen LogP contribution in [0.4, 0.5) is 0 Å². The van der Waals surface area contributed by atoms with Crippen molar-refractivity contribution >= 4 is 11.6 Å². The third-order valence-electron chi connectivity index (χ3n) is 1.89. The van der Waals surface area contributed by atoms with Crippen molar-refractivity contribution in [3.63, 3.8) is 0 Å². The van der Waals surface area contributed by atoms with Crippen molar-refractivity contribution in [2.24, 2.45) is 0 Å². The average molecular weight is 205 g/mol. The molecule has 14 heavy (non-hydrogen) atoms. The van der Waals surface area contributed by atoms with Gasteiger partial charge in [-0.1, -0.05) is 17.7 Å². The Morgan fingerprint density at radius 2 is 2.00 bits per heavy atom. The Morgan fingerprint density at radius 3 is 2.71 bits per heavy atom. The van der Waals surface area contributed by atoms with Gasteiger partial charge in [0, 0.05) is 11.9 Å². The van der Waals surface area contributed by atoms with Gasteiger partial charge in [0.05, 0.1) is 10.7 Å². The molecule has 0 aromatic carbocycles. The summed E-state index contributed by atoms with van der Waals surface area (Å²) in [6, 6.07) is 9.41. The molecule has 0 amide bonds. The molecular weight excluding hydrogens is 196 g/mol. The fourth-order valence-electron chi connectivity index (χ4n) is 1.22. The second kappa shape index (κ2) is 3.76. The largest absolute Gasteiger partial charge is 0.255 e. The van der Waals surface area contributed by atoms with Crippen molar-refractivity contribution in [2.75, 3.05) is 0 Å². The topological polar surface area (TPSA) is 25.8 Å². The second-order valence-corrected chi connectivity index (χ2v) is 3.41. The van der Waals surface area contributed by atoms with E-state index in [1.807, 2.05) is 37.3 Å². The molecule has 0 spiro atoms. The molecule has 0 aliphatic heterocycles. The Morgan fingerprint density at radius 1 is 1.14 bits per heavy atom. The number of aryl methyl sites for hydroxylation is 1. The predicted molar refractivity (Wildman–Crippen MR) is 57.2 cm³/mol. The van der Waals surface area contributed by atoms with E-state index in [1.165, 1.54) is 0 Å². The minimum absolute atomic E-state index is 0.634. The number of hydrogen-bond acceptors (Lipinski definition) is 2. The number of nitrogens with zero attached hydrogens (tertiary/aromatic N) is 2. The number of pyridine rings is 2. The molecule has 0 radical (unpaired) electrons. The fraction of sp³-hybridized carbons (Fsp3) is 0.0909. The van der Waals surface area contributed by atoms with Gasteiger partial charge in [0.1, 0.15) is 5.69 Å². The van der Waals surface area contributed by atoms with Crippen molar-refractivity contribution in [1.82, 2.24) is 9.97 Å². The third kappa shape index (κ3) is 1.75. The van der Waals surface area contributed by atoms with E-state index in [9.17, 15) is 0 Å². The van der Waals surface area contributed by atoms with Crippen LogP contribution in [0.5, 0.6) is 0 Å². The average Bonchev–Trinajstić information content (AvgIpc) is 2.23. The van der Waals surface area contributed by atoms with Crippen LogP contribution in [0.3, 0.4) is 0 Å². The molecule has 0 unspecified atom stereocenters. The van der Waals surface area contributed by atoms with E-state index >= 15 is 0 Å². The molecule has 2 aromatic heterocycles. The number of hydrogen-bond donors (Lipinski definition) is 0. The Kier molecular flexibility index (Phi) is 2.46. The lowest BCUT2D eigenvalue weighted by molar-refractivity contribution is 1.18. The maximum Gasteiger partial charge on any atom is 0.107 e. The molecule has 0 aliphatic rings. The molecule has 2 aromatic rings. The van der Waals surface area contributed by atoms with E-state index in [-0.39, 0.29) is 0 Å². The molecule has 70 valence electrons. The van der Waals surface area contributed by atoms with Gasteiger partial charge >= 0.3 is 0 Å². The van der Waals surface area contributed by atoms with Crippen molar-refractivity contribution in [1.29, 1.82) is 0 Å². The number of aromatic nitrogens is 2. The molecule has 0 aliphatic carbocycles. The zero-order chi connectivity index (χ0) is 9.97. The summed E-state index contributed by atoms with van der Waals surface area (Å²) in [7, 11) is 0. The van der Waals surface area contributed by atoms with Gasteiger partial charge in [-0.2, -0.15) is 0 Å². The zero-order valence-corrected chi connectivity index (χ0v) is 8.49. The molecule has 0 bridgehead atoms. The SMILES string of the molecule is Cc1ccc(Cl)c(-c2ccccn2)n1. The summed E-state index contributed by atoms with van der Waals surface area (Å²) in [5.41, 5.74) is 2.49. The molecule has 0 fully saturated rings. The summed E-state index contributed by atoms with van der Waals surface area (Å²) in [6.07, 6.45) is 1.73. The third-order valence-corrected chi connectivity index (χ3v) is 2.20. The Balaban J connectivity index is 2.57. The van der Waals surface area contributed by atoms with Gasteiger partial charge in [0.25, 0.3) is 0 Å². The molecule has 2 rings (SSSR count). The molecular formula is C11H9ClN2. The number of halogens is 1. The summed E-state index contributed by atoms with van der Waals surface area (Å²) < 4.78 is 0. The van der Waals surface area contributed by atoms with E-state index in [0.29, 0.717) is 5.02 Å². The van der Waals surface area contributed by atoms with Gasteiger partial charge in [-0.05, 0) is 31.2 Å². The highest BCUT2D eigenvalue weighted by atomic mass is 35.5. The van der Waals surface area contributed by atoms with Gasteiger partial charge in [-0.15, -0.1) is 0 Å². The molecule has 3 heteroatoms. The fourth-order valence-corrected chi connectivity index (χ4v) is 1.42. The Labute approximate surface area is 87.6 Å². The summed E-state index contributed by atoms with van der Waals surface area (Å²) in [6.45, 7) is 1.93. The van der Waals surface area contributed by atoms with Crippen molar-refractivity contribution in [3.8, 4) is 11.4 Å². The monoisotopic (exact) mass is 204 g/mol. The van der Waals surface area contributed by atoms with Crippen LogP contribution in [0.25, 0.3) is 11.4 Å².